The van der Waals surface area contributed by atoms with E-state index in [1.54, 1.807) is 0 Å². The highest BCUT2D eigenvalue weighted by Crippen LogP contribution is 2.31. The number of nitrogens with one attached hydrogen (secondary N) is 1. The average molecular weight is 399 g/mol. The fourth-order valence-electron chi connectivity index (χ4n) is 3.23. The molecule has 138 valence electrons. The monoisotopic (exact) mass is 398 g/mol. The molecule has 6 heteroatoms. The number of nitrogens with zero attached hydrogens (tertiary/aromatic N) is 1. The third-order valence-corrected chi connectivity index (χ3v) is 5.83. The van der Waals surface area contributed by atoms with Crippen LogP contribution in [0.2, 0.25) is 5.02 Å². The first-order chi connectivity index (χ1) is 13.2. The minimum atomic E-state index is -0.159. The molecule has 0 spiro atoms. The SMILES string of the molecule is O=C(Nc1nc(-c2ccccc2Cl)cs1)c1ccc(C2CCOCC2)cc1. The van der Waals surface area contributed by atoms with Crippen LogP contribution in [0.15, 0.2) is 53.9 Å². The Bertz CT molecular complexity index is 933. The number of carbonyl (C=O) groups excluding carboxylic acids is 1. The van der Waals surface area contributed by atoms with Crippen LogP contribution in [0.5, 0.6) is 0 Å². The van der Waals surface area contributed by atoms with Crippen molar-refractivity contribution in [3.63, 3.8) is 0 Å². The van der Waals surface area contributed by atoms with Gasteiger partial charge in [0.05, 0.1) is 5.69 Å². The Kier molecular flexibility index (Phi) is 5.53. The number of carbonyl (C=O) groups is 1. The molecule has 4 rings (SSSR count). The van der Waals surface area contributed by atoms with E-state index in [1.807, 2.05) is 53.9 Å². The van der Waals surface area contributed by atoms with Gasteiger partial charge in [-0.1, -0.05) is 41.9 Å². The van der Waals surface area contributed by atoms with Crippen molar-refractivity contribution in [2.75, 3.05) is 18.5 Å². The Morgan fingerprint density at radius 2 is 1.85 bits per heavy atom. The zero-order valence-corrected chi connectivity index (χ0v) is 16.2. The average Bonchev–Trinajstić information content (AvgIpc) is 3.17. The number of aromatic nitrogens is 1. The van der Waals surface area contributed by atoms with E-state index in [2.05, 4.69) is 10.3 Å². The highest BCUT2D eigenvalue weighted by molar-refractivity contribution is 7.14. The van der Waals surface area contributed by atoms with Crippen LogP contribution >= 0.6 is 22.9 Å². The second-order valence-electron chi connectivity index (χ2n) is 6.48. The predicted molar refractivity (Wildman–Crippen MR) is 110 cm³/mol. The van der Waals surface area contributed by atoms with Crippen LogP contribution in [-0.2, 0) is 4.74 Å². The predicted octanol–water partition coefficient (Wildman–Crippen LogP) is 5.61. The molecule has 0 atom stereocenters. The molecule has 1 saturated heterocycles. The normalized spacial score (nSPS) is 14.9. The summed E-state index contributed by atoms with van der Waals surface area (Å²) in [6, 6.07) is 15.4. The third-order valence-electron chi connectivity index (χ3n) is 4.74. The molecule has 0 saturated carbocycles. The largest absolute Gasteiger partial charge is 0.381 e. The van der Waals surface area contributed by atoms with Gasteiger partial charge in [0.1, 0.15) is 0 Å². The van der Waals surface area contributed by atoms with Gasteiger partial charge in [-0.25, -0.2) is 4.98 Å². The fraction of sp³-hybridized carbons (Fsp3) is 0.238. The maximum absolute atomic E-state index is 12.5. The van der Waals surface area contributed by atoms with E-state index in [4.69, 9.17) is 16.3 Å². The molecule has 3 aromatic rings. The second-order valence-corrected chi connectivity index (χ2v) is 7.75. The van der Waals surface area contributed by atoms with Crippen molar-refractivity contribution in [2.45, 2.75) is 18.8 Å². The highest BCUT2D eigenvalue weighted by atomic mass is 35.5. The molecule has 0 bridgehead atoms. The molecule has 1 N–H and O–H groups in total. The van der Waals surface area contributed by atoms with Crippen LogP contribution < -0.4 is 5.32 Å². The molecule has 1 aromatic heterocycles. The van der Waals surface area contributed by atoms with Crippen molar-refractivity contribution in [1.29, 1.82) is 0 Å². The van der Waals surface area contributed by atoms with E-state index in [0.29, 0.717) is 21.6 Å². The molecule has 0 radical (unpaired) electrons. The summed E-state index contributed by atoms with van der Waals surface area (Å²) in [6.07, 6.45) is 2.07. The molecule has 1 aliphatic rings. The third kappa shape index (κ3) is 4.21. The first-order valence-corrected chi connectivity index (χ1v) is 10.2. The maximum atomic E-state index is 12.5. The van der Waals surface area contributed by atoms with Gasteiger partial charge in [0.15, 0.2) is 5.13 Å². The maximum Gasteiger partial charge on any atom is 0.257 e. The lowest BCUT2D eigenvalue weighted by Gasteiger charge is -2.22. The van der Waals surface area contributed by atoms with E-state index in [0.717, 1.165) is 37.3 Å². The molecule has 1 amide bonds. The van der Waals surface area contributed by atoms with E-state index >= 15 is 0 Å². The standard InChI is InChI=1S/C21H19ClN2O2S/c22-18-4-2-1-3-17(18)19-13-27-21(23-19)24-20(25)16-7-5-14(6-8-16)15-9-11-26-12-10-15/h1-8,13,15H,9-12H2,(H,23,24,25). The van der Waals surface area contributed by atoms with Crippen LogP contribution in [-0.4, -0.2) is 24.1 Å². The van der Waals surface area contributed by atoms with Gasteiger partial charge in [-0.3, -0.25) is 10.1 Å². The second kappa shape index (κ2) is 8.21. The van der Waals surface area contributed by atoms with Crippen LogP contribution in [0.3, 0.4) is 0 Å². The number of halogens is 1. The molecule has 2 heterocycles. The molecule has 0 unspecified atom stereocenters. The lowest BCUT2D eigenvalue weighted by molar-refractivity contribution is 0.0853. The van der Waals surface area contributed by atoms with Gasteiger partial charge < -0.3 is 4.74 Å². The van der Waals surface area contributed by atoms with Gasteiger partial charge >= 0.3 is 0 Å². The quantitative estimate of drug-likeness (QED) is 0.621. The van der Waals surface area contributed by atoms with Gasteiger partial charge in [0, 0.05) is 34.7 Å². The summed E-state index contributed by atoms with van der Waals surface area (Å²) in [5.74, 6) is 0.363. The molecule has 4 nitrogen and oxygen atoms in total. The number of hydrogen-bond acceptors (Lipinski definition) is 4. The zero-order valence-electron chi connectivity index (χ0n) is 14.7. The number of rotatable bonds is 4. The Morgan fingerprint density at radius 3 is 2.59 bits per heavy atom. The summed E-state index contributed by atoms with van der Waals surface area (Å²) in [4.78, 5) is 17.0. The summed E-state index contributed by atoms with van der Waals surface area (Å²) < 4.78 is 5.41. The number of hydrogen-bond donors (Lipinski definition) is 1. The van der Waals surface area contributed by atoms with E-state index in [1.165, 1.54) is 16.9 Å². The van der Waals surface area contributed by atoms with Crippen molar-refractivity contribution in [3.05, 3.63) is 70.1 Å². The number of ether oxygens (including phenoxy) is 1. The van der Waals surface area contributed by atoms with Gasteiger partial charge in [0.25, 0.3) is 5.91 Å². The summed E-state index contributed by atoms with van der Waals surface area (Å²) in [5.41, 5.74) is 3.51. The molecular formula is C21H19ClN2O2S. The van der Waals surface area contributed by atoms with Crippen molar-refractivity contribution in [2.24, 2.45) is 0 Å². The molecular weight excluding hydrogens is 380 g/mol. The van der Waals surface area contributed by atoms with Gasteiger partial charge in [0.2, 0.25) is 0 Å². The van der Waals surface area contributed by atoms with Gasteiger partial charge in [-0.2, -0.15) is 0 Å². The van der Waals surface area contributed by atoms with Crippen LogP contribution in [0.25, 0.3) is 11.3 Å². The Labute approximate surface area is 167 Å². The minimum Gasteiger partial charge on any atom is -0.381 e. The molecule has 27 heavy (non-hydrogen) atoms. The van der Waals surface area contributed by atoms with Crippen LogP contribution in [0.4, 0.5) is 5.13 Å². The zero-order chi connectivity index (χ0) is 18.6. The van der Waals surface area contributed by atoms with Crippen molar-refractivity contribution in [3.8, 4) is 11.3 Å². The molecule has 1 aliphatic heterocycles. The number of thiazole rings is 1. The summed E-state index contributed by atoms with van der Waals surface area (Å²) in [5, 5.41) is 5.97. The number of anilines is 1. The number of amides is 1. The van der Waals surface area contributed by atoms with Crippen molar-refractivity contribution >= 4 is 34.0 Å². The molecule has 2 aromatic carbocycles. The Morgan fingerprint density at radius 1 is 1.11 bits per heavy atom. The smallest absolute Gasteiger partial charge is 0.257 e. The van der Waals surface area contributed by atoms with Gasteiger partial charge in [-0.15, -0.1) is 11.3 Å². The first-order valence-electron chi connectivity index (χ1n) is 8.90. The lowest BCUT2D eigenvalue weighted by atomic mass is 9.91. The van der Waals surface area contributed by atoms with Crippen molar-refractivity contribution in [1.82, 2.24) is 4.98 Å². The van der Waals surface area contributed by atoms with E-state index in [-0.39, 0.29) is 5.91 Å². The van der Waals surface area contributed by atoms with Crippen molar-refractivity contribution < 1.29 is 9.53 Å². The molecule has 0 aliphatic carbocycles. The summed E-state index contributed by atoms with van der Waals surface area (Å²) >= 11 is 7.60. The van der Waals surface area contributed by atoms with Crippen LogP contribution in [0.1, 0.15) is 34.7 Å². The van der Waals surface area contributed by atoms with E-state index < -0.39 is 0 Å². The lowest BCUT2D eigenvalue weighted by Crippen LogP contribution is -2.15. The Balaban J connectivity index is 1.44. The topological polar surface area (TPSA) is 51.2 Å². The number of benzene rings is 2. The highest BCUT2D eigenvalue weighted by Gasteiger charge is 2.17. The summed E-state index contributed by atoms with van der Waals surface area (Å²) in [6.45, 7) is 1.62. The Hall–Kier alpha value is -2.21. The fourth-order valence-corrected chi connectivity index (χ4v) is 4.17. The first kappa shape index (κ1) is 18.2. The van der Waals surface area contributed by atoms with Gasteiger partial charge in [-0.05, 0) is 42.5 Å². The van der Waals surface area contributed by atoms with E-state index in [9.17, 15) is 4.79 Å². The minimum absolute atomic E-state index is 0.159. The molecule has 1 fully saturated rings. The summed E-state index contributed by atoms with van der Waals surface area (Å²) in [7, 11) is 0. The van der Waals surface area contributed by atoms with Crippen LogP contribution in [0, 0.1) is 0 Å².